The molecular weight excluding hydrogens is 270 g/mol. The second-order valence-corrected chi connectivity index (χ2v) is 4.82. The predicted molar refractivity (Wildman–Crippen MR) is 66.4 cm³/mol. The first-order valence-electron chi connectivity index (χ1n) is 5.62. The SMILES string of the molecule is CCNc1nc(C2CCC(C)O2)ncc1Br. The molecule has 2 heterocycles. The van der Waals surface area contributed by atoms with Crippen LogP contribution in [-0.4, -0.2) is 22.6 Å². The van der Waals surface area contributed by atoms with Crippen molar-refractivity contribution in [2.75, 3.05) is 11.9 Å². The molecule has 0 radical (unpaired) electrons. The lowest BCUT2D eigenvalue weighted by atomic mass is 10.2. The first-order chi connectivity index (χ1) is 7.70. The van der Waals surface area contributed by atoms with Crippen LogP contribution in [-0.2, 0) is 4.74 Å². The molecule has 1 fully saturated rings. The molecule has 5 heteroatoms. The zero-order valence-corrected chi connectivity index (χ0v) is 11.1. The standard InChI is InChI=1S/C11H16BrN3O/c1-3-13-10-8(12)6-14-11(15-10)9-5-4-7(2)16-9/h6-7,9H,3-5H2,1-2H3,(H,13,14,15). The van der Waals surface area contributed by atoms with Crippen molar-refractivity contribution >= 4 is 21.7 Å². The first-order valence-corrected chi connectivity index (χ1v) is 6.41. The third-order valence-electron chi connectivity index (χ3n) is 2.63. The van der Waals surface area contributed by atoms with Crippen molar-refractivity contribution in [2.24, 2.45) is 0 Å². The Balaban J connectivity index is 2.18. The molecule has 0 aliphatic carbocycles. The number of ether oxygens (including phenoxy) is 1. The van der Waals surface area contributed by atoms with Gasteiger partial charge in [0.05, 0.1) is 10.6 Å². The van der Waals surface area contributed by atoms with Gasteiger partial charge >= 0.3 is 0 Å². The normalized spacial score (nSPS) is 24.7. The van der Waals surface area contributed by atoms with E-state index in [0.29, 0.717) is 6.10 Å². The average molecular weight is 286 g/mol. The molecular formula is C11H16BrN3O. The maximum Gasteiger partial charge on any atom is 0.159 e. The van der Waals surface area contributed by atoms with Gasteiger partial charge in [-0.3, -0.25) is 0 Å². The van der Waals surface area contributed by atoms with Gasteiger partial charge in [0.15, 0.2) is 5.82 Å². The number of nitrogens with one attached hydrogen (secondary N) is 1. The summed E-state index contributed by atoms with van der Waals surface area (Å²) in [6.07, 6.45) is 4.25. The summed E-state index contributed by atoms with van der Waals surface area (Å²) in [7, 11) is 0. The molecule has 0 aromatic carbocycles. The molecule has 0 spiro atoms. The van der Waals surface area contributed by atoms with Gasteiger partial charge < -0.3 is 10.1 Å². The largest absolute Gasteiger partial charge is 0.369 e. The summed E-state index contributed by atoms with van der Waals surface area (Å²) < 4.78 is 6.64. The molecule has 0 saturated carbocycles. The third-order valence-corrected chi connectivity index (χ3v) is 3.21. The highest BCUT2D eigenvalue weighted by Crippen LogP contribution is 2.31. The molecule has 1 aliphatic rings. The molecule has 1 N–H and O–H groups in total. The minimum atomic E-state index is 0.0560. The summed E-state index contributed by atoms with van der Waals surface area (Å²) in [4.78, 5) is 8.80. The van der Waals surface area contributed by atoms with Gasteiger partial charge in [-0.05, 0) is 42.6 Å². The molecule has 2 atom stereocenters. The number of nitrogens with zero attached hydrogens (tertiary/aromatic N) is 2. The maximum atomic E-state index is 5.75. The molecule has 88 valence electrons. The van der Waals surface area contributed by atoms with Crippen molar-refractivity contribution < 1.29 is 4.74 Å². The third kappa shape index (κ3) is 2.52. The number of anilines is 1. The van der Waals surface area contributed by atoms with E-state index in [-0.39, 0.29) is 6.10 Å². The Bertz CT molecular complexity index is 372. The van der Waals surface area contributed by atoms with Crippen LogP contribution in [0.2, 0.25) is 0 Å². The van der Waals surface area contributed by atoms with Crippen LogP contribution in [0.1, 0.15) is 38.6 Å². The van der Waals surface area contributed by atoms with Crippen LogP contribution in [0, 0.1) is 0 Å². The molecule has 4 nitrogen and oxygen atoms in total. The van der Waals surface area contributed by atoms with Gasteiger partial charge in [-0.25, -0.2) is 9.97 Å². The molecule has 1 aromatic rings. The van der Waals surface area contributed by atoms with Gasteiger partial charge in [0, 0.05) is 12.7 Å². The Kier molecular flexibility index (Phi) is 3.76. The highest BCUT2D eigenvalue weighted by atomic mass is 79.9. The van der Waals surface area contributed by atoms with Crippen LogP contribution in [0.5, 0.6) is 0 Å². The summed E-state index contributed by atoms with van der Waals surface area (Å²) in [6, 6.07) is 0. The van der Waals surface area contributed by atoms with E-state index in [9.17, 15) is 0 Å². The van der Waals surface area contributed by atoms with Crippen molar-refractivity contribution in [2.45, 2.75) is 38.9 Å². The Morgan fingerprint density at radius 2 is 2.38 bits per heavy atom. The van der Waals surface area contributed by atoms with Gasteiger partial charge in [0.2, 0.25) is 0 Å². The lowest BCUT2D eigenvalue weighted by Gasteiger charge is -2.12. The molecule has 1 aliphatic heterocycles. The van der Waals surface area contributed by atoms with Crippen LogP contribution < -0.4 is 5.32 Å². The average Bonchev–Trinajstić information content (AvgIpc) is 2.69. The Morgan fingerprint density at radius 1 is 1.56 bits per heavy atom. The molecule has 16 heavy (non-hydrogen) atoms. The van der Waals surface area contributed by atoms with Crippen LogP contribution in [0.15, 0.2) is 10.7 Å². The highest BCUT2D eigenvalue weighted by molar-refractivity contribution is 9.10. The van der Waals surface area contributed by atoms with Gasteiger partial charge in [0.25, 0.3) is 0 Å². The fourth-order valence-electron chi connectivity index (χ4n) is 1.82. The van der Waals surface area contributed by atoms with Gasteiger partial charge in [0.1, 0.15) is 11.9 Å². The van der Waals surface area contributed by atoms with E-state index in [4.69, 9.17) is 4.74 Å². The van der Waals surface area contributed by atoms with Crippen LogP contribution in [0.3, 0.4) is 0 Å². The number of hydrogen-bond donors (Lipinski definition) is 1. The Hall–Kier alpha value is -0.680. The number of rotatable bonds is 3. The van der Waals surface area contributed by atoms with Crippen molar-refractivity contribution in [1.29, 1.82) is 0 Å². The van der Waals surface area contributed by atoms with E-state index in [1.165, 1.54) is 0 Å². The van der Waals surface area contributed by atoms with E-state index in [1.807, 2.05) is 6.92 Å². The van der Waals surface area contributed by atoms with Gasteiger partial charge in [-0.15, -0.1) is 0 Å². The van der Waals surface area contributed by atoms with Crippen molar-refractivity contribution in [3.63, 3.8) is 0 Å². The van der Waals surface area contributed by atoms with E-state index < -0.39 is 0 Å². The van der Waals surface area contributed by atoms with Crippen LogP contribution in [0.25, 0.3) is 0 Å². The molecule has 0 bridgehead atoms. The quantitative estimate of drug-likeness (QED) is 0.928. The van der Waals surface area contributed by atoms with Crippen LogP contribution in [0.4, 0.5) is 5.82 Å². The van der Waals surface area contributed by atoms with Crippen molar-refractivity contribution in [3.8, 4) is 0 Å². The van der Waals surface area contributed by atoms with E-state index in [2.05, 4.69) is 38.1 Å². The first kappa shape index (κ1) is 11.8. The van der Waals surface area contributed by atoms with Gasteiger partial charge in [-0.1, -0.05) is 0 Å². The fourth-order valence-corrected chi connectivity index (χ4v) is 2.15. The monoisotopic (exact) mass is 285 g/mol. The lowest BCUT2D eigenvalue weighted by molar-refractivity contribution is 0.0503. The summed E-state index contributed by atoms with van der Waals surface area (Å²) in [5.74, 6) is 1.62. The molecule has 1 saturated heterocycles. The lowest BCUT2D eigenvalue weighted by Crippen LogP contribution is -2.08. The topological polar surface area (TPSA) is 47.0 Å². The highest BCUT2D eigenvalue weighted by Gasteiger charge is 2.26. The summed E-state index contributed by atoms with van der Waals surface area (Å²) >= 11 is 3.42. The molecule has 2 unspecified atom stereocenters. The maximum absolute atomic E-state index is 5.75. The van der Waals surface area contributed by atoms with E-state index in [1.54, 1.807) is 6.20 Å². The number of halogens is 1. The minimum Gasteiger partial charge on any atom is -0.369 e. The zero-order valence-electron chi connectivity index (χ0n) is 9.53. The zero-order chi connectivity index (χ0) is 11.5. The summed E-state index contributed by atoms with van der Waals surface area (Å²) in [5, 5.41) is 3.20. The fraction of sp³-hybridized carbons (Fsp3) is 0.636. The molecule has 2 rings (SSSR count). The van der Waals surface area contributed by atoms with E-state index in [0.717, 1.165) is 35.5 Å². The summed E-state index contributed by atoms with van der Waals surface area (Å²) in [6.45, 7) is 4.98. The molecule has 1 aromatic heterocycles. The Labute approximate surface area is 104 Å². The number of hydrogen-bond acceptors (Lipinski definition) is 4. The minimum absolute atomic E-state index is 0.0560. The van der Waals surface area contributed by atoms with Crippen molar-refractivity contribution in [1.82, 2.24) is 9.97 Å². The second kappa shape index (κ2) is 5.10. The Morgan fingerprint density at radius 3 is 3.00 bits per heavy atom. The summed E-state index contributed by atoms with van der Waals surface area (Å²) in [5.41, 5.74) is 0. The van der Waals surface area contributed by atoms with Crippen molar-refractivity contribution in [3.05, 3.63) is 16.5 Å². The number of aromatic nitrogens is 2. The second-order valence-electron chi connectivity index (χ2n) is 3.97. The smallest absolute Gasteiger partial charge is 0.159 e. The molecule has 0 amide bonds. The van der Waals surface area contributed by atoms with Crippen LogP contribution >= 0.6 is 15.9 Å². The predicted octanol–water partition coefficient (Wildman–Crippen LogP) is 2.91. The van der Waals surface area contributed by atoms with E-state index >= 15 is 0 Å². The van der Waals surface area contributed by atoms with Gasteiger partial charge in [-0.2, -0.15) is 0 Å².